The Bertz CT molecular complexity index is 945. The molecular weight excluding hydrogens is 349 g/mol. The molecule has 0 unspecified atom stereocenters. The summed E-state index contributed by atoms with van der Waals surface area (Å²) in [5, 5.41) is 3.49. The standard InChI is InChI=1S/C19H24FN5O2/c1-2-23-11-14(19(27)25-9-12(21)10-25)18(26)13-7-15(20)17(8-16(13)23)24-5-3-22-4-6-24/h7-8,11-12,22H,2-6,9-10,21H2,1H3. The van der Waals surface area contributed by atoms with Crippen LogP contribution in [0.1, 0.15) is 17.3 Å². The first kappa shape index (κ1) is 17.9. The lowest BCUT2D eigenvalue weighted by Crippen LogP contribution is -2.58. The fourth-order valence-corrected chi connectivity index (χ4v) is 3.81. The van der Waals surface area contributed by atoms with Gasteiger partial charge in [0.25, 0.3) is 5.91 Å². The van der Waals surface area contributed by atoms with Crippen LogP contribution in [-0.4, -0.2) is 60.7 Å². The molecule has 3 heterocycles. The van der Waals surface area contributed by atoms with Gasteiger partial charge >= 0.3 is 0 Å². The Morgan fingerprint density at radius 1 is 1.30 bits per heavy atom. The summed E-state index contributed by atoms with van der Waals surface area (Å²) in [4.78, 5) is 29.1. The first-order valence-corrected chi connectivity index (χ1v) is 9.36. The molecule has 2 saturated heterocycles. The van der Waals surface area contributed by atoms with Gasteiger partial charge in [0, 0.05) is 63.4 Å². The summed E-state index contributed by atoms with van der Waals surface area (Å²) in [5.41, 5.74) is 6.54. The molecule has 8 heteroatoms. The third-order valence-corrected chi connectivity index (χ3v) is 5.37. The Hall–Kier alpha value is -2.45. The van der Waals surface area contributed by atoms with E-state index in [1.54, 1.807) is 17.2 Å². The van der Waals surface area contributed by atoms with Crippen molar-refractivity contribution < 1.29 is 9.18 Å². The van der Waals surface area contributed by atoms with Crippen LogP contribution in [0.3, 0.4) is 0 Å². The lowest BCUT2D eigenvalue weighted by atomic mass is 10.1. The van der Waals surface area contributed by atoms with Gasteiger partial charge in [-0.15, -0.1) is 0 Å². The van der Waals surface area contributed by atoms with Gasteiger partial charge in [-0.3, -0.25) is 9.59 Å². The van der Waals surface area contributed by atoms with Crippen molar-refractivity contribution in [2.24, 2.45) is 5.73 Å². The molecule has 0 aliphatic carbocycles. The number of hydrogen-bond acceptors (Lipinski definition) is 5. The van der Waals surface area contributed by atoms with Gasteiger partial charge in [-0.2, -0.15) is 0 Å². The first-order chi connectivity index (χ1) is 13.0. The Kier molecular flexibility index (Phi) is 4.61. The van der Waals surface area contributed by atoms with E-state index in [1.165, 1.54) is 6.07 Å². The normalized spacial score (nSPS) is 18.0. The third kappa shape index (κ3) is 3.08. The molecule has 3 N–H and O–H groups in total. The van der Waals surface area contributed by atoms with Crippen molar-refractivity contribution >= 4 is 22.5 Å². The van der Waals surface area contributed by atoms with Gasteiger partial charge in [0.15, 0.2) is 0 Å². The number of nitrogens with one attached hydrogen (secondary N) is 1. The Labute approximate surface area is 156 Å². The fraction of sp³-hybridized carbons (Fsp3) is 0.474. The van der Waals surface area contributed by atoms with E-state index in [1.807, 2.05) is 16.4 Å². The molecule has 2 aliphatic heterocycles. The third-order valence-electron chi connectivity index (χ3n) is 5.37. The first-order valence-electron chi connectivity index (χ1n) is 9.36. The number of hydrogen-bond donors (Lipinski definition) is 2. The van der Waals surface area contributed by atoms with Crippen LogP contribution in [0.15, 0.2) is 23.1 Å². The second-order valence-electron chi connectivity index (χ2n) is 7.19. The van der Waals surface area contributed by atoms with Crippen LogP contribution in [0.5, 0.6) is 0 Å². The average Bonchev–Trinajstić information content (AvgIpc) is 2.66. The largest absolute Gasteiger partial charge is 0.367 e. The number of nitrogens with zero attached hydrogens (tertiary/aromatic N) is 3. The maximum absolute atomic E-state index is 14.8. The number of pyridine rings is 1. The zero-order valence-corrected chi connectivity index (χ0v) is 15.4. The van der Waals surface area contributed by atoms with Crippen LogP contribution in [0.2, 0.25) is 0 Å². The molecule has 1 aromatic carbocycles. The molecule has 2 fully saturated rings. The summed E-state index contributed by atoms with van der Waals surface area (Å²) >= 11 is 0. The number of benzene rings is 1. The number of aryl methyl sites for hydroxylation is 1. The smallest absolute Gasteiger partial charge is 0.259 e. The second kappa shape index (κ2) is 6.94. The molecular formula is C19H24FN5O2. The molecule has 27 heavy (non-hydrogen) atoms. The number of anilines is 1. The van der Waals surface area contributed by atoms with Gasteiger partial charge in [0.05, 0.1) is 11.2 Å². The minimum Gasteiger partial charge on any atom is -0.367 e. The Morgan fingerprint density at radius 3 is 2.63 bits per heavy atom. The number of halogens is 1. The molecule has 0 bridgehead atoms. The van der Waals surface area contributed by atoms with Gasteiger partial charge in [-0.05, 0) is 19.1 Å². The number of aromatic nitrogens is 1. The van der Waals surface area contributed by atoms with Crippen molar-refractivity contribution in [2.45, 2.75) is 19.5 Å². The highest BCUT2D eigenvalue weighted by molar-refractivity contribution is 5.98. The molecule has 144 valence electrons. The molecule has 0 spiro atoms. The predicted molar refractivity (Wildman–Crippen MR) is 103 cm³/mol. The molecule has 1 amide bonds. The van der Waals surface area contributed by atoms with Crippen molar-refractivity contribution in [1.29, 1.82) is 0 Å². The van der Waals surface area contributed by atoms with E-state index in [4.69, 9.17) is 5.73 Å². The summed E-state index contributed by atoms with van der Waals surface area (Å²) in [5.74, 6) is -0.767. The summed E-state index contributed by atoms with van der Waals surface area (Å²) in [7, 11) is 0. The van der Waals surface area contributed by atoms with Gasteiger partial charge in [-0.25, -0.2) is 4.39 Å². The number of amides is 1. The van der Waals surface area contributed by atoms with E-state index >= 15 is 0 Å². The van der Waals surface area contributed by atoms with Crippen molar-refractivity contribution in [2.75, 3.05) is 44.2 Å². The minimum atomic E-state index is -0.431. The molecule has 0 atom stereocenters. The molecule has 0 radical (unpaired) electrons. The highest BCUT2D eigenvalue weighted by Crippen LogP contribution is 2.26. The van der Waals surface area contributed by atoms with Crippen LogP contribution in [0, 0.1) is 5.82 Å². The Balaban J connectivity index is 1.82. The SMILES string of the molecule is CCn1cc(C(=O)N2CC(N)C2)c(=O)c2cc(F)c(N3CCNCC3)cc21. The van der Waals surface area contributed by atoms with Crippen LogP contribution in [0.25, 0.3) is 10.9 Å². The number of carbonyl (C=O) groups excluding carboxylic acids is 1. The van der Waals surface area contributed by atoms with E-state index in [9.17, 15) is 14.0 Å². The summed E-state index contributed by atoms with van der Waals surface area (Å²) in [6.07, 6.45) is 1.59. The van der Waals surface area contributed by atoms with Gasteiger partial charge in [-0.1, -0.05) is 0 Å². The van der Waals surface area contributed by atoms with E-state index < -0.39 is 11.2 Å². The molecule has 1 aromatic heterocycles. The van der Waals surface area contributed by atoms with Crippen LogP contribution in [-0.2, 0) is 6.54 Å². The molecule has 0 saturated carbocycles. The highest BCUT2D eigenvalue weighted by Gasteiger charge is 2.30. The molecule has 2 aliphatic rings. The zero-order valence-electron chi connectivity index (χ0n) is 15.4. The minimum absolute atomic E-state index is 0.0400. The molecule has 7 nitrogen and oxygen atoms in total. The maximum Gasteiger partial charge on any atom is 0.259 e. The zero-order chi connectivity index (χ0) is 19.1. The highest BCUT2D eigenvalue weighted by atomic mass is 19.1. The lowest BCUT2D eigenvalue weighted by molar-refractivity contribution is 0.0606. The maximum atomic E-state index is 14.8. The predicted octanol–water partition coefficient (Wildman–Crippen LogP) is 0.353. The number of carbonyl (C=O) groups is 1. The second-order valence-corrected chi connectivity index (χ2v) is 7.19. The number of fused-ring (bicyclic) bond motifs is 1. The Morgan fingerprint density at radius 2 is 2.00 bits per heavy atom. The van der Waals surface area contributed by atoms with E-state index in [0.29, 0.717) is 43.9 Å². The summed E-state index contributed by atoms with van der Waals surface area (Å²) in [6, 6.07) is 2.97. The van der Waals surface area contributed by atoms with Crippen molar-refractivity contribution in [1.82, 2.24) is 14.8 Å². The van der Waals surface area contributed by atoms with E-state index in [2.05, 4.69) is 5.32 Å². The summed E-state index contributed by atoms with van der Waals surface area (Å²) in [6.45, 7) is 6.41. The van der Waals surface area contributed by atoms with Crippen molar-refractivity contribution in [3.05, 3.63) is 39.9 Å². The van der Waals surface area contributed by atoms with Crippen molar-refractivity contribution in [3.63, 3.8) is 0 Å². The van der Waals surface area contributed by atoms with E-state index in [-0.39, 0.29) is 22.9 Å². The lowest BCUT2D eigenvalue weighted by Gasteiger charge is -2.36. The van der Waals surface area contributed by atoms with Gasteiger partial charge in [0.1, 0.15) is 11.4 Å². The molecule has 4 rings (SSSR count). The van der Waals surface area contributed by atoms with E-state index in [0.717, 1.165) is 13.1 Å². The topological polar surface area (TPSA) is 83.6 Å². The molecule has 2 aromatic rings. The summed E-state index contributed by atoms with van der Waals surface area (Å²) < 4.78 is 16.7. The van der Waals surface area contributed by atoms with Crippen LogP contribution < -0.4 is 21.4 Å². The number of likely N-dealkylation sites (tertiary alicyclic amines) is 1. The number of rotatable bonds is 3. The van der Waals surface area contributed by atoms with Crippen LogP contribution >= 0.6 is 0 Å². The van der Waals surface area contributed by atoms with Crippen LogP contribution in [0.4, 0.5) is 10.1 Å². The monoisotopic (exact) mass is 373 g/mol. The number of piperazine rings is 1. The van der Waals surface area contributed by atoms with Gasteiger partial charge < -0.3 is 25.4 Å². The fourth-order valence-electron chi connectivity index (χ4n) is 3.81. The van der Waals surface area contributed by atoms with Crippen molar-refractivity contribution in [3.8, 4) is 0 Å². The number of nitrogens with two attached hydrogens (primary N) is 1. The van der Waals surface area contributed by atoms with Gasteiger partial charge in [0.2, 0.25) is 5.43 Å². The quantitative estimate of drug-likeness (QED) is 0.811. The average molecular weight is 373 g/mol.